The van der Waals surface area contributed by atoms with Gasteiger partial charge >= 0.3 is 5.97 Å². The molecule has 0 spiro atoms. The van der Waals surface area contributed by atoms with Gasteiger partial charge in [0.25, 0.3) is 17.7 Å². The first-order valence-corrected chi connectivity index (χ1v) is 11.2. The van der Waals surface area contributed by atoms with Gasteiger partial charge in [-0.3, -0.25) is 14.4 Å². The van der Waals surface area contributed by atoms with Crippen molar-refractivity contribution < 1.29 is 23.9 Å². The summed E-state index contributed by atoms with van der Waals surface area (Å²) in [5, 5.41) is 3.05. The summed E-state index contributed by atoms with van der Waals surface area (Å²) in [6.07, 6.45) is 1.41. The molecule has 4 rings (SSSR count). The van der Waals surface area contributed by atoms with Crippen molar-refractivity contribution in [3.05, 3.63) is 110 Å². The van der Waals surface area contributed by atoms with E-state index < -0.39 is 30.4 Å². The summed E-state index contributed by atoms with van der Waals surface area (Å²) in [6.45, 7) is -0.603. The van der Waals surface area contributed by atoms with Crippen molar-refractivity contribution >= 4 is 57.3 Å². The number of fused-ring (bicyclic) bond motifs is 1. The zero-order valence-corrected chi connectivity index (χ0v) is 19.8. The zero-order chi connectivity index (χ0) is 24.2. The average molecular weight is 540 g/mol. The molecule has 3 amide bonds. The molecule has 3 aromatic rings. The molecule has 0 saturated carbocycles. The fraction of sp³-hybridized carbons (Fsp3) is 0.0400. The minimum absolute atomic E-state index is 0.181. The fourth-order valence-corrected chi connectivity index (χ4v) is 3.85. The molecule has 170 valence electrons. The molecule has 1 heterocycles. The van der Waals surface area contributed by atoms with Gasteiger partial charge in [0.05, 0.1) is 16.7 Å². The topological polar surface area (TPSA) is 92.8 Å². The summed E-state index contributed by atoms with van der Waals surface area (Å²) < 4.78 is 5.79. The molecule has 0 bridgehead atoms. The van der Waals surface area contributed by atoms with Gasteiger partial charge in [-0.15, -0.1) is 0 Å². The van der Waals surface area contributed by atoms with Crippen LogP contribution in [0, 0.1) is 0 Å². The van der Waals surface area contributed by atoms with Crippen LogP contribution < -0.4 is 5.32 Å². The lowest BCUT2D eigenvalue weighted by atomic mass is 10.1. The second-order valence-corrected chi connectivity index (χ2v) is 8.48. The van der Waals surface area contributed by atoms with Crippen molar-refractivity contribution in [3.63, 3.8) is 0 Å². The molecule has 0 fully saturated rings. The van der Waals surface area contributed by atoms with Gasteiger partial charge in [-0.2, -0.15) is 0 Å². The molecule has 0 atom stereocenters. The van der Waals surface area contributed by atoms with Crippen LogP contribution in [0.4, 0.5) is 0 Å². The SMILES string of the molecule is O=C(OCN1C(=O)c2ccccc2C1=O)/C(=C/c1ccc(Cl)cc1)NC(=O)c1ccccc1Br. The van der Waals surface area contributed by atoms with Crippen molar-refractivity contribution in [2.24, 2.45) is 0 Å². The van der Waals surface area contributed by atoms with Crippen LogP contribution in [0.15, 0.2) is 83.0 Å². The number of benzene rings is 3. The van der Waals surface area contributed by atoms with Crippen LogP contribution >= 0.6 is 27.5 Å². The van der Waals surface area contributed by atoms with Gasteiger partial charge in [-0.1, -0.05) is 48.0 Å². The molecule has 0 saturated heterocycles. The predicted molar refractivity (Wildman–Crippen MR) is 129 cm³/mol. The monoisotopic (exact) mass is 538 g/mol. The van der Waals surface area contributed by atoms with Crippen molar-refractivity contribution in [3.8, 4) is 0 Å². The standard InChI is InChI=1S/C25H16BrClN2O5/c26-20-8-4-3-7-19(20)22(30)28-21(13-15-9-11-16(27)12-10-15)25(33)34-14-29-23(31)17-5-1-2-6-18(17)24(29)32/h1-13H,14H2,(H,28,30)/b21-13-. The van der Waals surface area contributed by atoms with Crippen LogP contribution in [-0.2, 0) is 9.53 Å². The van der Waals surface area contributed by atoms with Gasteiger partial charge in [0.15, 0.2) is 6.73 Å². The van der Waals surface area contributed by atoms with Gasteiger partial charge in [0.2, 0.25) is 0 Å². The van der Waals surface area contributed by atoms with E-state index in [0.29, 0.717) is 20.6 Å². The molecule has 3 aromatic carbocycles. The highest BCUT2D eigenvalue weighted by molar-refractivity contribution is 9.10. The Labute approximate surface area is 208 Å². The normalized spacial score (nSPS) is 13.0. The maximum Gasteiger partial charge on any atom is 0.356 e. The summed E-state index contributed by atoms with van der Waals surface area (Å²) in [5.41, 5.74) is 1.17. The molecule has 0 aliphatic carbocycles. The molecule has 0 radical (unpaired) electrons. The van der Waals surface area contributed by atoms with E-state index in [-0.39, 0.29) is 16.8 Å². The van der Waals surface area contributed by atoms with Crippen LogP contribution in [-0.4, -0.2) is 35.3 Å². The van der Waals surface area contributed by atoms with Crippen LogP contribution in [0.25, 0.3) is 6.08 Å². The Kier molecular flexibility index (Phi) is 6.90. The number of rotatable bonds is 6. The van der Waals surface area contributed by atoms with E-state index in [1.54, 1.807) is 60.7 Å². The largest absolute Gasteiger partial charge is 0.439 e. The number of nitrogens with one attached hydrogen (secondary N) is 1. The van der Waals surface area contributed by atoms with Gasteiger partial charge in [0, 0.05) is 9.50 Å². The minimum Gasteiger partial charge on any atom is -0.439 e. The molecule has 0 unspecified atom stereocenters. The summed E-state index contributed by atoms with van der Waals surface area (Å²) in [7, 11) is 0. The molecule has 1 aliphatic heterocycles. The summed E-state index contributed by atoms with van der Waals surface area (Å²) in [6, 6.07) is 19.6. The smallest absolute Gasteiger partial charge is 0.356 e. The molecule has 1 N–H and O–H groups in total. The van der Waals surface area contributed by atoms with Crippen molar-refractivity contribution in [1.29, 1.82) is 0 Å². The predicted octanol–water partition coefficient (Wildman–Crippen LogP) is 4.67. The Morgan fingerprint density at radius 3 is 2.12 bits per heavy atom. The maximum atomic E-state index is 12.9. The highest BCUT2D eigenvalue weighted by Gasteiger charge is 2.36. The van der Waals surface area contributed by atoms with E-state index in [0.717, 1.165) is 4.90 Å². The number of esters is 1. The van der Waals surface area contributed by atoms with Gasteiger partial charge in [0.1, 0.15) is 5.70 Å². The third-order valence-corrected chi connectivity index (χ3v) is 5.91. The number of nitrogens with zero attached hydrogens (tertiary/aromatic N) is 1. The van der Waals surface area contributed by atoms with Crippen LogP contribution in [0.1, 0.15) is 36.6 Å². The van der Waals surface area contributed by atoms with Crippen molar-refractivity contribution in [2.45, 2.75) is 0 Å². The van der Waals surface area contributed by atoms with Gasteiger partial charge in [-0.05, 0) is 64.0 Å². The highest BCUT2D eigenvalue weighted by Crippen LogP contribution is 2.22. The summed E-state index contributed by atoms with van der Waals surface area (Å²) in [5.74, 6) is -2.60. The zero-order valence-electron chi connectivity index (χ0n) is 17.5. The number of hydrogen-bond donors (Lipinski definition) is 1. The highest BCUT2D eigenvalue weighted by atomic mass is 79.9. The summed E-state index contributed by atoms with van der Waals surface area (Å²) >= 11 is 9.23. The number of ether oxygens (including phenoxy) is 1. The Hall–Kier alpha value is -3.75. The quantitative estimate of drug-likeness (QED) is 0.279. The van der Waals surface area contributed by atoms with E-state index in [1.165, 1.54) is 18.2 Å². The Morgan fingerprint density at radius 1 is 0.912 bits per heavy atom. The Morgan fingerprint density at radius 2 is 1.50 bits per heavy atom. The molecular weight excluding hydrogens is 524 g/mol. The molecule has 9 heteroatoms. The first-order chi connectivity index (χ1) is 16.3. The van der Waals surface area contributed by atoms with Crippen LogP contribution in [0.3, 0.4) is 0 Å². The van der Waals surface area contributed by atoms with Crippen molar-refractivity contribution in [2.75, 3.05) is 6.73 Å². The van der Waals surface area contributed by atoms with E-state index in [2.05, 4.69) is 21.2 Å². The third kappa shape index (κ3) is 4.93. The number of amides is 3. The Balaban J connectivity index is 1.55. The molecule has 34 heavy (non-hydrogen) atoms. The Bertz CT molecular complexity index is 1300. The lowest BCUT2D eigenvalue weighted by Crippen LogP contribution is -2.35. The number of hydrogen-bond acceptors (Lipinski definition) is 5. The van der Waals surface area contributed by atoms with Gasteiger partial charge < -0.3 is 10.1 Å². The van der Waals surface area contributed by atoms with E-state index in [1.807, 2.05) is 0 Å². The number of imide groups is 1. The molecular formula is C25H16BrClN2O5. The maximum absolute atomic E-state index is 12.9. The number of halogens is 2. The fourth-order valence-electron chi connectivity index (χ4n) is 3.26. The van der Waals surface area contributed by atoms with E-state index in [9.17, 15) is 19.2 Å². The van der Waals surface area contributed by atoms with E-state index >= 15 is 0 Å². The lowest BCUT2D eigenvalue weighted by molar-refractivity contribution is -0.141. The first-order valence-electron chi connectivity index (χ1n) is 10.0. The molecule has 1 aliphatic rings. The number of carbonyl (C=O) groups excluding carboxylic acids is 4. The second-order valence-electron chi connectivity index (χ2n) is 7.19. The molecule has 0 aromatic heterocycles. The van der Waals surface area contributed by atoms with Crippen LogP contribution in [0.5, 0.6) is 0 Å². The van der Waals surface area contributed by atoms with Gasteiger partial charge in [-0.25, -0.2) is 9.69 Å². The number of carbonyl (C=O) groups is 4. The first kappa shape index (κ1) is 23.4. The average Bonchev–Trinajstić information content (AvgIpc) is 3.08. The lowest BCUT2D eigenvalue weighted by Gasteiger charge is -2.16. The minimum atomic E-state index is -0.924. The van der Waals surface area contributed by atoms with Crippen LogP contribution in [0.2, 0.25) is 5.02 Å². The second kappa shape index (κ2) is 10.0. The summed E-state index contributed by atoms with van der Waals surface area (Å²) in [4.78, 5) is 51.6. The third-order valence-electron chi connectivity index (χ3n) is 4.97. The molecule has 7 nitrogen and oxygen atoms in total. The van der Waals surface area contributed by atoms with E-state index in [4.69, 9.17) is 16.3 Å². The van der Waals surface area contributed by atoms with Crippen molar-refractivity contribution in [1.82, 2.24) is 10.2 Å².